The number of hydrogen-bond donors (Lipinski definition) is 2. The second kappa shape index (κ2) is 12.8. The SMILES string of the molecule is CCOC(=O)c1cc(CN2CCN(C(=O)NCc3ccc(C(=O)N4Cc5cnn(C)c5Nc5ccccc54)cc3C)CC2)on1. The number of esters is 1. The van der Waals surface area contributed by atoms with E-state index in [-0.39, 0.29) is 24.2 Å². The highest BCUT2D eigenvalue weighted by molar-refractivity contribution is 6.08. The molecule has 1 saturated heterocycles. The molecule has 3 amide bonds. The third-order valence-electron chi connectivity index (χ3n) is 8.14. The molecule has 1 fully saturated rings. The van der Waals surface area contributed by atoms with Gasteiger partial charge in [-0.1, -0.05) is 23.4 Å². The molecule has 234 valence electrons. The van der Waals surface area contributed by atoms with Gasteiger partial charge < -0.3 is 29.7 Å². The maximum atomic E-state index is 13.8. The number of aryl methyl sites for hydroxylation is 2. The second-order valence-corrected chi connectivity index (χ2v) is 11.1. The number of rotatable bonds is 7. The lowest BCUT2D eigenvalue weighted by Crippen LogP contribution is -2.51. The number of carbonyl (C=O) groups excluding carboxylic acids is 3. The van der Waals surface area contributed by atoms with Gasteiger partial charge in [-0.3, -0.25) is 14.4 Å². The fourth-order valence-corrected chi connectivity index (χ4v) is 5.62. The Bertz CT molecular complexity index is 1720. The Labute approximate surface area is 260 Å². The molecule has 45 heavy (non-hydrogen) atoms. The van der Waals surface area contributed by atoms with Crippen LogP contribution in [0.4, 0.5) is 22.0 Å². The maximum absolute atomic E-state index is 13.8. The van der Waals surface area contributed by atoms with Crippen LogP contribution in [0.2, 0.25) is 0 Å². The van der Waals surface area contributed by atoms with Crippen molar-refractivity contribution in [2.45, 2.75) is 33.5 Å². The van der Waals surface area contributed by atoms with E-state index in [1.54, 1.807) is 33.7 Å². The third-order valence-corrected chi connectivity index (χ3v) is 8.14. The zero-order chi connectivity index (χ0) is 31.5. The average molecular weight is 613 g/mol. The minimum absolute atomic E-state index is 0.111. The molecule has 2 N–H and O–H groups in total. The maximum Gasteiger partial charge on any atom is 0.360 e. The standard InChI is InChI=1S/C32H36N8O5/c1-4-44-31(42)27-16-25(45-36-27)20-38-11-13-39(14-12-38)32(43)33-17-23-10-9-22(15-21(23)2)30(41)40-19-24-18-34-37(3)29(24)35-26-7-5-6-8-28(26)40/h5-10,15-16,18,35H,4,11-14,17,19-20H2,1-3H3,(H,33,43). The molecule has 0 aliphatic carbocycles. The lowest BCUT2D eigenvalue weighted by atomic mass is 10.0. The van der Waals surface area contributed by atoms with Gasteiger partial charge in [0.25, 0.3) is 5.91 Å². The zero-order valence-electron chi connectivity index (χ0n) is 25.6. The van der Waals surface area contributed by atoms with E-state index in [1.165, 1.54) is 0 Å². The summed E-state index contributed by atoms with van der Waals surface area (Å²) in [5, 5.41) is 14.6. The average Bonchev–Trinajstić information content (AvgIpc) is 3.61. The van der Waals surface area contributed by atoms with Gasteiger partial charge in [0.1, 0.15) is 5.82 Å². The first-order valence-corrected chi connectivity index (χ1v) is 15.0. The summed E-state index contributed by atoms with van der Waals surface area (Å²) in [5.41, 5.74) is 5.16. The molecule has 0 atom stereocenters. The smallest absolute Gasteiger partial charge is 0.360 e. The van der Waals surface area contributed by atoms with Gasteiger partial charge in [0.05, 0.1) is 37.3 Å². The zero-order valence-corrected chi connectivity index (χ0v) is 25.6. The van der Waals surface area contributed by atoms with Crippen LogP contribution in [0.5, 0.6) is 0 Å². The summed E-state index contributed by atoms with van der Waals surface area (Å²) in [6.45, 7) is 7.64. The number of ether oxygens (including phenoxy) is 1. The Morgan fingerprint density at radius 1 is 1.07 bits per heavy atom. The van der Waals surface area contributed by atoms with Crippen molar-refractivity contribution < 1.29 is 23.6 Å². The fraction of sp³-hybridized carbons (Fsp3) is 0.344. The van der Waals surface area contributed by atoms with Crippen LogP contribution in [0.1, 0.15) is 50.2 Å². The van der Waals surface area contributed by atoms with Crippen LogP contribution in [0.15, 0.2) is 59.3 Å². The molecule has 2 aliphatic rings. The number of fused-ring (bicyclic) bond motifs is 2. The minimum Gasteiger partial charge on any atom is -0.461 e. The van der Waals surface area contributed by atoms with E-state index in [4.69, 9.17) is 9.26 Å². The number of hydrogen-bond acceptors (Lipinski definition) is 9. The van der Waals surface area contributed by atoms with Gasteiger partial charge in [-0.05, 0) is 49.2 Å². The topological polar surface area (TPSA) is 138 Å². The molecular formula is C32H36N8O5. The molecular weight excluding hydrogens is 576 g/mol. The van der Waals surface area contributed by atoms with Crippen molar-refractivity contribution in [1.29, 1.82) is 0 Å². The van der Waals surface area contributed by atoms with Gasteiger partial charge in [0, 0.05) is 57.0 Å². The Hall–Kier alpha value is -5.17. The number of nitrogens with zero attached hydrogens (tertiary/aromatic N) is 6. The van der Waals surface area contributed by atoms with Crippen molar-refractivity contribution in [1.82, 2.24) is 30.1 Å². The Balaban J connectivity index is 1.04. The lowest BCUT2D eigenvalue weighted by Gasteiger charge is -2.34. The van der Waals surface area contributed by atoms with Crippen molar-refractivity contribution in [2.75, 3.05) is 43.0 Å². The molecule has 0 bridgehead atoms. The van der Waals surface area contributed by atoms with Crippen molar-refractivity contribution in [3.8, 4) is 0 Å². The van der Waals surface area contributed by atoms with E-state index in [1.807, 2.05) is 56.4 Å². The number of piperazine rings is 1. The molecule has 0 saturated carbocycles. The first-order chi connectivity index (χ1) is 21.8. The molecule has 0 spiro atoms. The molecule has 0 unspecified atom stereocenters. The third kappa shape index (κ3) is 6.38. The number of aromatic nitrogens is 3. The first kappa shape index (κ1) is 29.9. The summed E-state index contributed by atoms with van der Waals surface area (Å²) in [6.07, 6.45) is 1.78. The number of urea groups is 1. The lowest BCUT2D eigenvalue weighted by molar-refractivity contribution is 0.0514. The molecule has 2 aromatic heterocycles. The normalized spacial score (nSPS) is 14.6. The summed E-state index contributed by atoms with van der Waals surface area (Å²) in [6, 6.07) is 14.8. The molecule has 4 heterocycles. The predicted octanol–water partition coefficient (Wildman–Crippen LogP) is 3.82. The number of nitrogens with one attached hydrogen (secondary N) is 2. The molecule has 2 aliphatic heterocycles. The van der Waals surface area contributed by atoms with E-state index >= 15 is 0 Å². The number of benzene rings is 2. The highest BCUT2D eigenvalue weighted by Gasteiger charge is 2.27. The van der Waals surface area contributed by atoms with Crippen LogP contribution < -0.4 is 15.5 Å². The van der Waals surface area contributed by atoms with Crippen LogP contribution in [-0.4, -0.2) is 75.4 Å². The summed E-state index contributed by atoms with van der Waals surface area (Å²) >= 11 is 0. The Kier molecular flexibility index (Phi) is 8.52. The van der Waals surface area contributed by atoms with E-state index in [0.29, 0.717) is 57.1 Å². The number of para-hydroxylation sites is 2. The van der Waals surface area contributed by atoms with Crippen molar-refractivity contribution >= 4 is 35.1 Å². The van der Waals surface area contributed by atoms with Crippen molar-refractivity contribution in [3.63, 3.8) is 0 Å². The second-order valence-electron chi connectivity index (χ2n) is 11.1. The van der Waals surface area contributed by atoms with Crippen LogP contribution >= 0.6 is 0 Å². The summed E-state index contributed by atoms with van der Waals surface area (Å²) in [7, 11) is 1.87. The molecule has 0 radical (unpaired) electrons. The summed E-state index contributed by atoms with van der Waals surface area (Å²) < 4.78 is 12.0. The molecule has 13 nitrogen and oxygen atoms in total. The van der Waals surface area contributed by atoms with E-state index in [0.717, 1.165) is 33.9 Å². The van der Waals surface area contributed by atoms with Crippen molar-refractivity contribution in [3.05, 3.63) is 88.4 Å². The van der Waals surface area contributed by atoms with E-state index < -0.39 is 5.97 Å². The van der Waals surface area contributed by atoms with Gasteiger partial charge in [-0.2, -0.15) is 5.10 Å². The monoisotopic (exact) mass is 612 g/mol. The van der Waals surface area contributed by atoms with Crippen LogP contribution in [0, 0.1) is 6.92 Å². The van der Waals surface area contributed by atoms with Crippen LogP contribution in [0.25, 0.3) is 0 Å². The molecule has 6 rings (SSSR count). The summed E-state index contributed by atoms with van der Waals surface area (Å²) in [5.74, 6) is 0.822. The van der Waals surface area contributed by atoms with Gasteiger partial charge in [-0.25, -0.2) is 9.59 Å². The quantitative estimate of drug-likeness (QED) is 0.298. The van der Waals surface area contributed by atoms with Gasteiger partial charge in [-0.15, -0.1) is 0 Å². The van der Waals surface area contributed by atoms with E-state index in [2.05, 4.69) is 25.8 Å². The molecule has 2 aromatic carbocycles. The van der Waals surface area contributed by atoms with Crippen molar-refractivity contribution in [2.24, 2.45) is 7.05 Å². The van der Waals surface area contributed by atoms with Gasteiger partial charge in [0.2, 0.25) is 0 Å². The highest BCUT2D eigenvalue weighted by Crippen LogP contribution is 2.36. The van der Waals surface area contributed by atoms with Crippen LogP contribution in [0.3, 0.4) is 0 Å². The predicted molar refractivity (Wildman–Crippen MR) is 166 cm³/mol. The van der Waals surface area contributed by atoms with E-state index in [9.17, 15) is 14.4 Å². The Morgan fingerprint density at radius 2 is 1.87 bits per heavy atom. The first-order valence-electron chi connectivity index (χ1n) is 15.0. The largest absolute Gasteiger partial charge is 0.461 e. The summed E-state index contributed by atoms with van der Waals surface area (Å²) in [4.78, 5) is 44.3. The number of anilines is 3. The Morgan fingerprint density at radius 3 is 2.64 bits per heavy atom. The van der Waals surface area contributed by atoms with Gasteiger partial charge in [0.15, 0.2) is 11.5 Å². The molecule has 13 heteroatoms. The van der Waals surface area contributed by atoms with Gasteiger partial charge >= 0.3 is 12.0 Å². The highest BCUT2D eigenvalue weighted by atomic mass is 16.5. The minimum atomic E-state index is -0.505. The number of amides is 3. The fourth-order valence-electron chi connectivity index (χ4n) is 5.62. The van der Waals surface area contributed by atoms with Crippen LogP contribution in [-0.2, 0) is 31.4 Å². The molecule has 4 aromatic rings. The number of carbonyl (C=O) groups is 3.